The number of amides is 2. The van der Waals surface area contributed by atoms with Crippen LogP contribution in [0.25, 0.3) is 11.1 Å². The third-order valence-electron chi connectivity index (χ3n) is 6.12. The van der Waals surface area contributed by atoms with Gasteiger partial charge in [0.05, 0.1) is 12.2 Å². The van der Waals surface area contributed by atoms with E-state index in [4.69, 9.17) is 16.2 Å². The molecule has 4 rings (SSSR count). The van der Waals surface area contributed by atoms with Crippen LogP contribution >= 0.6 is 0 Å². The van der Waals surface area contributed by atoms with Crippen LogP contribution in [0, 0.1) is 0 Å². The molecule has 3 aromatic rings. The van der Waals surface area contributed by atoms with Crippen molar-refractivity contribution in [3.05, 3.63) is 72.1 Å². The first-order chi connectivity index (χ1) is 18.4. The van der Waals surface area contributed by atoms with Crippen molar-refractivity contribution in [2.24, 2.45) is 16.5 Å². The molecule has 1 fully saturated rings. The van der Waals surface area contributed by atoms with Crippen LogP contribution in [0.2, 0.25) is 0 Å². The Morgan fingerprint density at radius 1 is 1.05 bits per heavy atom. The molecule has 1 aliphatic rings. The molecule has 11 heteroatoms. The summed E-state index contributed by atoms with van der Waals surface area (Å²) in [4.78, 5) is 38.3. The largest absolute Gasteiger partial charge is 0.462 e. The number of aromatic nitrogens is 2. The number of benzene rings is 2. The van der Waals surface area contributed by atoms with Gasteiger partial charge in [-0.2, -0.15) is 4.99 Å². The quantitative estimate of drug-likeness (QED) is 0.200. The van der Waals surface area contributed by atoms with Crippen LogP contribution in [0.5, 0.6) is 0 Å². The van der Waals surface area contributed by atoms with E-state index in [-0.39, 0.29) is 11.9 Å². The van der Waals surface area contributed by atoms with Gasteiger partial charge in [-0.25, -0.2) is 19.6 Å². The van der Waals surface area contributed by atoms with Crippen molar-refractivity contribution >= 4 is 29.6 Å². The van der Waals surface area contributed by atoms with E-state index in [0.717, 1.165) is 48.3 Å². The molecule has 0 bridgehead atoms. The average Bonchev–Trinajstić information content (AvgIpc) is 2.93. The molecule has 1 saturated heterocycles. The van der Waals surface area contributed by atoms with Crippen LogP contribution in [0.15, 0.2) is 65.9 Å². The number of urea groups is 1. The Morgan fingerprint density at radius 2 is 1.76 bits per heavy atom. The van der Waals surface area contributed by atoms with Gasteiger partial charge in [-0.3, -0.25) is 0 Å². The van der Waals surface area contributed by atoms with Crippen molar-refractivity contribution in [3.8, 4) is 11.1 Å². The van der Waals surface area contributed by atoms with Crippen molar-refractivity contribution < 1.29 is 14.3 Å². The molecular formula is C27H32N8O3. The second kappa shape index (κ2) is 12.5. The monoisotopic (exact) mass is 516 g/mol. The van der Waals surface area contributed by atoms with Crippen LogP contribution in [0.1, 0.15) is 35.7 Å². The number of hydrogen-bond donors (Lipinski definition) is 4. The highest BCUT2D eigenvalue weighted by atomic mass is 16.5. The number of piperidine rings is 1. The summed E-state index contributed by atoms with van der Waals surface area (Å²) in [6.45, 7) is 4.12. The second-order valence-electron chi connectivity index (χ2n) is 8.87. The molecule has 2 amide bonds. The number of rotatable bonds is 8. The van der Waals surface area contributed by atoms with Crippen LogP contribution in [0.3, 0.4) is 0 Å². The van der Waals surface area contributed by atoms with Crippen molar-refractivity contribution in [3.63, 3.8) is 0 Å². The average molecular weight is 517 g/mol. The molecule has 38 heavy (non-hydrogen) atoms. The van der Waals surface area contributed by atoms with E-state index in [1.165, 1.54) is 0 Å². The Hall–Kier alpha value is -4.67. The van der Waals surface area contributed by atoms with E-state index in [9.17, 15) is 9.59 Å². The molecule has 1 aromatic heterocycles. The molecule has 11 nitrogen and oxygen atoms in total. The van der Waals surface area contributed by atoms with Gasteiger partial charge in [0.2, 0.25) is 5.95 Å². The van der Waals surface area contributed by atoms with Crippen molar-refractivity contribution in [2.75, 3.05) is 29.9 Å². The van der Waals surface area contributed by atoms with Gasteiger partial charge >= 0.3 is 12.0 Å². The Kier molecular flexibility index (Phi) is 8.70. The second-order valence-corrected chi connectivity index (χ2v) is 8.87. The number of nitrogens with one attached hydrogen (secondary N) is 2. The van der Waals surface area contributed by atoms with E-state index in [1.54, 1.807) is 19.1 Å². The minimum Gasteiger partial charge on any atom is -0.462 e. The van der Waals surface area contributed by atoms with E-state index >= 15 is 0 Å². The van der Waals surface area contributed by atoms with Gasteiger partial charge in [-0.15, -0.1) is 0 Å². The molecule has 0 radical (unpaired) electrons. The third-order valence-corrected chi connectivity index (χ3v) is 6.12. The lowest BCUT2D eigenvalue weighted by molar-refractivity contribution is 0.0526. The first-order valence-electron chi connectivity index (χ1n) is 12.5. The molecule has 0 spiro atoms. The maximum atomic E-state index is 11.8. The van der Waals surface area contributed by atoms with Gasteiger partial charge in [0.25, 0.3) is 0 Å². The molecule has 0 aliphatic carbocycles. The highest BCUT2D eigenvalue weighted by Gasteiger charge is 2.21. The number of carbonyl (C=O) groups excluding carboxylic acids is 2. The Labute approximate surface area is 221 Å². The maximum absolute atomic E-state index is 11.8. The van der Waals surface area contributed by atoms with Crippen LogP contribution in [-0.4, -0.2) is 53.7 Å². The molecule has 2 heterocycles. The SMILES string of the molecule is CCOC(=O)c1ccc(NC2CCN(c3ncc(-c4cccc(CNC(=O)N=C(N)N)c4)cn3)CC2)cc1. The summed E-state index contributed by atoms with van der Waals surface area (Å²) in [5.74, 6) is 0.113. The number of ether oxygens (including phenoxy) is 1. The first kappa shape index (κ1) is 26.4. The highest BCUT2D eigenvalue weighted by molar-refractivity contribution is 5.90. The van der Waals surface area contributed by atoms with E-state index in [1.807, 2.05) is 48.8 Å². The summed E-state index contributed by atoms with van der Waals surface area (Å²) >= 11 is 0. The van der Waals surface area contributed by atoms with E-state index < -0.39 is 6.03 Å². The van der Waals surface area contributed by atoms with Crippen molar-refractivity contribution in [2.45, 2.75) is 32.4 Å². The molecule has 6 N–H and O–H groups in total. The highest BCUT2D eigenvalue weighted by Crippen LogP contribution is 2.23. The zero-order chi connectivity index (χ0) is 26.9. The molecule has 2 aromatic carbocycles. The summed E-state index contributed by atoms with van der Waals surface area (Å²) in [6, 6.07) is 14.9. The van der Waals surface area contributed by atoms with Gasteiger partial charge in [0.1, 0.15) is 0 Å². The lowest BCUT2D eigenvalue weighted by Crippen LogP contribution is -2.39. The van der Waals surface area contributed by atoms with Gasteiger partial charge in [-0.1, -0.05) is 18.2 Å². The summed E-state index contributed by atoms with van der Waals surface area (Å²) in [5, 5.41) is 6.19. The number of anilines is 2. The topological polar surface area (TPSA) is 161 Å². The zero-order valence-corrected chi connectivity index (χ0v) is 21.3. The lowest BCUT2D eigenvalue weighted by atomic mass is 10.0. The smallest absolute Gasteiger partial charge is 0.344 e. The standard InChI is InChI=1S/C27H32N8O3/c1-2-38-24(36)19-6-8-22(9-7-19)33-23-10-12-35(13-11-23)26-30-16-21(17-31-26)20-5-3-4-18(14-20)15-32-27(37)34-25(28)29/h3-9,14,16-17,23,33H,2,10-13,15H2,1H3,(H5,28,29,32,34,37). The number of aliphatic imine (C=N–C) groups is 1. The van der Waals surface area contributed by atoms with Crippen LogP contribution < -0.4 is 27.0 Å². The fourth-order valence-electron chi connectivity index (χ4n) is 4.21. The zero-order valence-electron chi connectivity index (χ0n) is 21.3. The molecule has 0 saturated carbocycles. The molecular weight excluding hydrogens is 484 g/mol. The predicted molar refractivity (Wildman–Crippen MR) is 147 cm³/mol. The Bertz CT molecular complexity index is 1270. The molecule has 198 valence electrons. The first-order valence-corrected chi connectivity index (χ1v) is 12.5. The number of carbonyl (C=O) groups is 2. The minimum absolute atomic E-state index is 0.281. The van der Waals surface area contributed by atoms with Gasteiger partial charge in [0.15, 0.2) is 5.96 Å². The number of esters is 1. The van der Waals surface area contributed by atoms with Crippen LogP contribution in [-0.2, 0) is 11.3 Å². The van der Waals surface area contributed by atoms with Gasteiger partial charge in [-0.05, 0) is 61.2 Å². The fraction of sp³-hybridized carbons (Fsp3) is 0.296. The third kappa shape index (κ3) is 7.19. The number of nitrogens with zero attached hydrogens (tertiary/aromatic N) is 4. The summed E-state index contributed by atoms with van der Waals surface area (Å²) in [5.41, 5.74) is 14.7. The number of hydrogen-bond acceptors (Lipinski definition) is 7. The summed E-state index contributed by atoms with van der Waals surface area (Å²) < 4.78 is 5.04. The summed E-state index contributed by atoms with van der Waals surface area (Å²) in [6.07, 6.45) is 5.51. The van der Waals surface area contributed by atoms with Crippen LogP contribution in [0.4, 0.5) is 16.4 Å². The molecule has 0 unspecified atom stereocenters. The Morgan fingerprint density at radius 3 is 2.42 bits per heavy atom. The summed E-state index contributed by atoms with van der Waals surface area (Å²) in [7, 11) is 0. The van der Waals surface area contributed by atoms with E-state index in [0.29, 0.717) is 30.7 Å². The minimum atomic E-state index is -0.589. The fourth-order valence-corrected chi connectivity index (χ4v) is 4.21. The molecule has 0 atom stereocenters. The van der Waals surface area contributed by atoms with Crippen molar-refractivity contribution in [1.29, 1.82) is 0 Å². The van der Waals surface area contributed by atoms with Gasteiger partial charge in [0, 0.05) is 49.3 Å². The van der Waals surface area contributed by atoms with Crippen molar-refractivity contribution in [1.82, 2.24) is 15.3 Å². The number of nitrogens with two attached hydrogens (primary N) is 2. The Balaban J connectivity index is 1.29. The number of guanidine groups is 1. The van der Waals surface area contributed by atoms with Gasteiger partial charge < -0.3 is 31.7 Å². The maximum Gasteiger partial charge on any atom is 0.344 e. The lowest BCUT2D eigenvalue weighted by Gasteiger charge is -2.32. The predicted octanol–water partition coefficient (Wildman–Crippen LogP) is 2.88. The molecule has 1 aliphatic heterocycles. The normalized spacial score (nSPS) is 13.4. The van der Waals surface area contributed by atoms with E-state index in [2.05, 4.69) is 30.5 Å².